The third kappa shape index (κ3) is 2.58. The van der Waals surface area contributed by atoms with Gasteiger partial charge in [-0.3, -0.25) is 0 Å². The quantitative estimate of drug-likeness (QED) is 0.623. The maximum Gasteiger partial charge on any atom is 0.122 e. The van der Waals surface area contributed by atoms with Crippen LogP contribution in [0, 0.1) is 10.8 Å². The molecule has 0 saturated carbocycles. The number of rotatable bonds is 0. The summed E-state index contributed by atoms with van der Waals surface area (Å²) in [6.07, 6.45) is 2.94. The lowest BCUT2D eigenvalue weighted by molar-refractivity contribution is 0.377. The molecule has 0 fully saturated rings. The molecule has 16 heavy (non-hydrogen) atoms. The fourth-order valence-electron chi connectivity index (χ4n) is 1.85. The molecular formula is C15H24O. The number of aliphatic hydroxyl groups excluding tert-OH is 1. The van der Waals surface area contributed by atoms with Gasteiger partial charge >= 0.3 is 0 Å². The van der Waals surface area contributed by atoms with E-state index in [9.17, 15) is 5.11 Å². The average molecular weight is 220 g/mol. The van der Waals surface area contributed by atoms with E-state index >= 15 is 0 Å². The predicted molar refractivity (Wildman–Crippen MR) is 70.4 cm³/mol. The molecule has 0 saturated heterocycles. The topological polar surface area (TPSA) is 20.2 Å². The minimum Gasteiger partial charge on any atom is -0.507 e. The summed E-state index contributed by atoms with van der Waals surface area (Å²) in [6, 6.07) is 0. The third-order valence-corrected chi connectivity index (χ3v) is 3.08. The molecule has 0 bridgehead atoms. The molecule has 0 aromatic heterocycles. The van der Waals surface area contributed by atoms with Crippen molar-refractivity contribution in [3.63, 3.8) is 0 Å². The van der Waals surface area contributed by atoms with Crippen LogP contribution in [0.4, 0.5) is 0 Å². The molecule has 90 valence electrons. The van der Waals surface area contributed by atoms with E-state index in [4.69, 9.17) is 0 Å². The van der Waals surface area contributed by atoms with Crippen LogP contribution in [0.25, 0.3) is 0 Å². The molecule has 0 atom stereocenters. The summed E-state index contributed by atoms with van der Waals surface area (Å²) in [4.78, 5) is 0. The van der Waals surface area contributed by atoms with Gasteiger partial charge in [0.25, 0.3) is 0 Å². The van der Waals surface area contributed by atoms with E-state index in [1.54, 1.807) is 0 Å². The Balaban J connectivity index is 3.29. The van der Waals surface area contributed by atoms with Gasteiger partial charge in [-0.05, 0) is 28.4 Å². The van der Waals surface area contributed by atoms with E-state index in [2.05, 4.69) is 54.2 Å². The summed E-state index contributed by atoms with van der Waals surface area (Å²) in [5.74, 6) is 0.389. The van der Waals surface area contributed by atoms with Gasteiger partial charge in [0.1, 0.15) is 5.76 Å². The highest BCUT2D eigenvalue weighted by Gasteiger charge is 2.29. The van der Waals surface area contributed by atoms with Crippen LogP contribution >= 0.6 is 0 Å². The Kier molecular flexibility index (Phi) is 3.11. The van der Waals surface area contributed by atoms with E-state index in [-0.39, 0.29) is 10.8 Å². The Morgan fingerprint density at radius 2 is 1.56 bits per heavy atom. The van der Waals surface area contributed by atoms with Gasteiger partial charge in [0, 0.05) is 0 Å². The van der Waals surface area contributed by atoms with Crippen LogP contribution in [0.3, 0.4) is 0 Å². The van der Waals surface area contributed by atoms with Gasteiger partial charge < -0.3 is 5.11 Å². The lowest BCUT2D eigenvalue weighted by atomic mass is 9.73. The minimum atomic E-state index is -0.0378. The first kappa shape index (κ1) is 13.1. The van der Waals surface area contributed by atoms with E-state index < -0.39 is 0 Å². The van der Waals surface area contributed by atoms with Crippen molar-refractivity contribution in [2.75, 3.05) is 0 Å². The van der Waals surface area contributed by atoms with Crippen LogP contribution in [0.15, 0.2) is 35.1 Å². The summed E-state index contributed by atoms with van der Waals surface area (Å²) in [7, 11) is 0. The maximum absolute atomic E-state index is 10.1. The first-order valence-electron chi connectivity index (χ1n) is 5.86. The van der Waals surface area contributed by atoms with Gasteiger partial charge in [-0.25, -0.2) is 0 Å². The third-order valence-electron chi connectivity index (χ3n) is 3.08. The van der Waals surface area contributed by atoms with E-state index in [1.807, 2.05) is 0 Å². The molecule has 1 N–H and O–H groups in total. The van der Waals surface area contributed by atoms with Crippen molar-refractivity contribution in [2.45, 2.75) is 48.0 Å². The summed E-state index contributed by atoms with van der Waals surface area (Å²) >= 11 is 0. The lowest BCUT2D eigenvalue weighted by Gasteiger charge is -2.32. The van der Waals surface area contributed by atoms with Gasteiger partial charge in [-0.15, -0.1) is 0 Å². The molecule has 1 nitrogen and oxygen atoms in total. The van der Waals surface area contributed by atoms with Gasteiger partial charge in [-0.1, -0.05) is 59.8 Å². The van der Waals surface area contributed by atoms with Crippen molar-refractivity contribution in [3.05, 3.63) is 35.1 Å². The SMILES string of the molecule is C=C1CC(C(C)(C)C)=CC(C(C)(C)C)=C1O. The Morgan fingerprint density at radius 3 is 1.94 bits per heavy atom. The van der Waals surface area contributed by atoms with Gasteiger partial charge in [0.2, 0.25) is 0 Å². The highest BCUT2D eigenvalue weighted by atomic mass is 16.3. The molecule has 0 heterocycles. The Bertz CT molecular complexity index is 367. The molecule has 1 aliphatic rings. The smallest absolute Gasteiger partial charge is 0.122 e. The van der Waals surface area contributed by atoms with Crippen LogP contribution in [-0.4, -0.2) is 5.11 Å². The molecule has 0 unspecified atom stereocenters. The summed E-state index contributed by atoms with van der Waals surface area (Å²) < 4.78 is 0. The van der Waals surface area contributed by atoms with Crippen LogP contribution in [-0.2, 0) is 0 Å². The van der Waals surface area contributed by atoms with E-state index in [1.165, 1.54) is 5.57 Å². The average Bonchev–Trinajstić information content (AvgIpc) is 2.05. The standard InChI is InChI=1S/C15H24O/c1-10-8-11(14(2,3)4)9-12(13(10)16)15(5,6)7/h9,16H,1,8H2,2-7H3. The van der Waals surface area contributed by atoms with E-state index in [0.29, 0.717) is 5.76 Å². The summed E-state index contributed by atoms with van der Waals surface area (Å²) in [6.45, 7) is 16.9. The first-order valence-corrected chi connectivity index (χ1v) is 5.86. The maximum atomic E-state index is 10.1. The lowest BCUT2D eigenvalue weighted by Crippen LogP contribution is -2.19. The Morgan fingerprint density at radius 1 is 1.06 bits per heavy atom. The van der Waals surface area contributed by atoms with Crippen LogP contribution in [0.5, 0.6) is 0 Å². The highest BCUT2D eigenvalue weighted by Crippen LogP contribution is 2.41. The molecule has 1 rings (SSSR count). The van der Waals surface area contributed by atoms with Crippen molar-refractivity contribution in [2.24, 2.45) is 10.8 Å². The molecule has 0 aromatic rings. The highest BCUT2D eigenvalue weighted by molar-refractivity contribution is 5.46. The predicted octanol–water partition coefficient (Wildman–Crippen LogP) is 4.78. The van der Waals surface area contributed by atoms with Crippen LogP contribution in [0.1, 0.15) is 48.0 Å². The van der Waals surface area contributed by atoms with Crippen molar-refractivity contribution in [3.8, 4) is 0 Å². The van der Waals surface area contributed by atoms with Crippen molar-refractivity contribution in [1.29, 1.82) is 0 Å². The Hall–Kier alpha value is -0.980. The van der Waals surface area contributed by atoms with Gasteiger partial charge in [0.15, 0.2) is 0 Å². The zero-order valence-electron chi connectivity index (χ0n) is 11.4. The Labute approximate surface area is 99.6 Å². The number of hydrogen-bond acceptors (Lipinski definition) is 1. The summed E-state index contributed by atoms with van der Waals surface area (Å²) in [5, 5.41) is 10.1. The molecule has 1 heteroatoms. The number of allylic oxidation sites excluding steroid dienone is 4. The van der Waals surface area contributed by atoms with Crippen LogP contribution < -0.4 is 0 Å². The zero-order valence-corrected chi connectivity index (χ0v) is 11.4. The first-order chi connectivity index (χ1) is 7.03. The van der Waals surface area contributed by atoms with Crippen molar-refractivity contribution in [1.82, 2.24) is 0 Å². The number of hydrogen-bond donors (Lipinski definition) is 1. The molecule has 0 radical (unpaired) electrons. The monoisotopic (exact) mass is 220 g/mol. The summed E-state index contributed by atoms with van der Waals surface area (Å²) in [5.41, 5.74) is 3.30. The second kappa shape index (κ2) is 3.80. The fraction of sp³-hybridized carbons (Fsp3) is 0.600. The molecule has 0 aromatic carbocycles. The minimum absolute atomic E-state index is 0.0378. The number of aliphatic hydroxyl groups is 1. The fourth-order valence-corrected chi connectivity index (χ4v) is 1.85. The van der Waals surface area contributed by atoms with Crippen LogP contribution in [0.2, 0.25) is 0 Å². The van der Waals surface area contributed by atoms with Gasteiger partial charge in [0.05, 0.1) is 0 Å². The van der Waals surface area contributed by atoms with Crippen molar-refractivity contribution >= 4 is 0 Å². The van der Waals surface area contributed by atoms with Gasteiger partial charge in [-0.2, -0.15) is 0 Å². The van der Waals surface area contributed by atoms with Crippen molar-refractivity contribution < 1.29 is 5.11 Å². The van der Waals surface area contributed by atoms with E-state index in [0.717, 1.165) is 17.6 Å². The molecule has 1 aliphatic carbocycles. The largest absolute Gasteiger partial charge is 0.507 e. The second-order valence-corrected chi connectivity index (χ2v) is 6.71. The zero-order chi connectivity index (χ0) is 12.7. The molecule has 0 amide bonds. The molecular weight excluding hydrogens is 196 g/mol. The second-order valence-electron chi connectivity index (χ2n) is 6.71. The molecule has 0 aliphatic heterocycles. The normalized spacial score (nSPS) is 18.9. The molecule has 0 spiro atoms.